The normalized spacial score (nSPS) is 16.4. The number of carbonyl (C=O) groups is 1. The van der Waals surface area contributed by atoms with Crippen LogP contribution in [0.2, 0.25) is 0 Å². The molecule has 5 nitrogen and oxygen atoms in total. The minimum Gasteiger partial charge on any atom is -0.353 e. The molecule has 1 atom stereocenters. The number of halogens is 1. The Bertz CT molecular complexity index is 979. The molecule has 3 aromatic rings. The summed E-state index contributed by atoms with van der Waals surface area (Å²) >= 11 is 0. The number of hydrogen-bond acceptors (Lipinski definition) is 4. The Morgan fingerprint density at radius 2 is 1.93 bits per heavy atom. The number of pyridine rings is 1. The molecule has 1 aromatic heterocycles. The first-order valence-corrected chi connectivity index (χ1v) is 9.72. The Kier molecular flexibility index (Phi) is 5.81. The molecule has 6 heteroatoms. The van der Waals surface area contributed by atoms with Crippen LogP contribution in [0.3, 0.4) is 0 Å². The molecule has 1 aliphatic heterocycles. The summed E-state index contributed by atoms with van der Waals surface area (Å²) in [7, 11) is 0. The van der Waals surface area contributed by atoms with Crippen LogP contribution in [0.5, 0.6) is 0 Å². The average Bonchev–Trinajstić information content (AvgIpc) is 2.78. The maximum Gasteiger partial charge on any atom is 0.270 e. The lowest BCUT2D eigenvalue weighted by atomic mass is 10.0. The summed E-state index contributed by atoms with van der Waals surface area (Å²) in [5, 5.41) is 6.34. The fraction of sp³-hybridized carbons (Fsp3) is 0.217. The summed E-state index contributed by atoms with van der Waals surface area (Å²) in [4.78, 5) is 19.3. The molecule has 4 rings (SSSR count). The second-order valence-corrected chi connectivity index (χ2v) is 7.06. The van der Waals surface area contributed by atoms with Crippen molar-refractivity contribution >= 4 is 11.7 Å². The number of nitrogens with zero attached hydrogens (tertiary/aromatic N) is 2. The van der Waals surface area contributed by atoms with Gasteiger partial charge in [-0.1, -0.05) is 48.5 Å². The van der Waals surface area contributed by atoms with E-state index in [0.29, 0.717) is 11.3 Å². The minimum atomic E-state index is -0.316. The van der Waals surface area contributed by atoms with Crippen LogP contribution in [0.4, 0.5) is 10.2 Å². The first kappa shape index (κ1) is 19.1. The number of hydrogen-bond donors (Lipinski definition) is 2. The molecule has 1 aliphatic rings. The SMILES string of the molecule is O=C(NCc1cccc(F)c1)c1cccc(N2CCN[C@H](c3ccccc3)C2)n1. The molecular weight excluding hydrogens is 367 g/mol. The lowest BCUT2D eigenvalue weighted by molar-refractivity contribution is 0.0946. The van der Waals surface area contributed by atoms with Crippen molar-refractivity contribution in [3.63, 3.8) is 0 Å². The van der Waals surface area contributed by atoms with Crippen molar-refractivity contribution in [1.82, 2.24) is 15.6 Å². The monoisotopic (exact) mass is 390 g/mol. The Hall–Kier alpha value is -3.25. The van der Waals surface area contributed by atoms with Gasteiger partial charge in [-0.2, -0.15) is 0 Å². The van der Waals surface area contributed by atoms with E-state index in [4.69, 9.17) is 0 Å². The zero-order chi connectivity index (χ0) is 20.1. The molecule has 1 saturated heterocycles. The summed E-state index contributed by atoms with van der Waals surface area (Å²) in [6.07, 6.45) is 0. The van der Waals surface area contributed by atoms with E-state index in [1.54, 1.807) is 18.2 Å². The molecule has 148 valence electrons. The van der Waals surface area contributed by atoms with Gasteiger partial charge in [-0.25, -0.2) is 9.37 Å². The quantitative estimate of drug-likeness (QED) is 0.702. The van der Waals surface area contributed by atoms with Crippen LogP contribution >= 0.6 is 0 Å². The third-order valence-electron chi connectivity index (χ3n) is 5.01. The van der Waals surface area contributed by atoms with E-state index in [9.17, 15) is 9.18 Å². The number of amides is 1. The molecule has 0 spiro atoms. The predicted octanol–water partition coefficient (Wildman–Crippen LogP) is 3.30. The van der Waals surface area contributed by atoms with Gasteiger partial charge in [0.2, 0.25) is 0 Å². The predicted molar refractivity (Wildman–Crippen MR) is 111 cm³/mol. The van der Waals surface area contributed by atoms with Gasteiger partial charge in [-0.15, -0.1) is 0 Å². The summed E-state index contributed by atoms with van der Waals surface area (Å²) in [6.45, 7) is 2.71. The lowest BCUT2D eigenvalue weighted by Crippen LogP contribution is -2.46. The lowest BCUT2D eigenvalue weighted by Gasteiger charge is -2.34. The molecule has 29 heavy (non-hydrogen) atoms. The molecule has 2 N–H and O–H groups in total. The van der Waals surface area contributed by atoms with Gasteiger partial charge in [0.05, 0.1) is 0 Å². The number of nitrogens with one attached hydrogen (secondary N) is 2. The topological polar surface area (TPSA) is 57.3 Å². The van der Waals surface area contributed by atoms with Crippen molar-refractivity contribution in [2.75, 3.05) is 24.5 Å². The Morgan fingerprint density at radius 3 is 2.76 bits per heavy atom. The molecule has 0 aliphatic carbocycles. The standard InChI is InChI=1S/C23H23FN4O/c24-19-9-4-6-17(14-19)15-26-23(29)20-10-5-11-22(27-20)28-13-12-25-21(16-28)18-7-2-1-3-8-18/h1-11,14,21,25H,12-13,15-16H2,(H,26,29)/t21-/m0/s1. The summed E-state index contributed by atoms with van der Waals surface area (Å²) in [6, 6.07) is 22.2. The number of piperazine rings is 1. The Balaban J connectivity index is 1.43. The van der Waals surface area contributed by atoms with Crippen LogP contribution in [0.1, 0.15) is 27.7 Å². The Morgan fingerprint density at radius 1 is 1.10 bits per heavy atom. The number of carbonyl (C=O) groups excluding carboxylic acids is 1. The maximum atomic E-state index is 13.3. The fourth-order valence-corrected chi connectivity index (χ4v) is 3.51. The molecule has 1 fully saturated rings. The zero-order valence-electron chi connectivity index (χ0n) is 16.0. The van der Waals surface area contributed by atoms with Gasteiger partial charge in [-0.3, -0.25) is 4.79 Å². The van der Waals surface area contributed by atoms with Crippen LogP contribution < -0.4 is 15.5 Å². The third kappa shape index (κ3) is 4.78. The first-order chi connectivity index (χ1) is 14.2. The van der Waals surface area contributed by atoms with Crippen molar-refractivity contribution in [3.05, 3.63) is 95.4 Å². The van der Waals surface area contributed by atoms with Gasteiger partial charge < -0.3 is 15.5 Å². The molecule has 0 saturated carbocycles. The molecule has 1 amide bonds. The summed E-state index contributed by atoms with van der Waals surface area (Å²) < 4.78 is 13.3. The highest BCUT2D eigenvalue weighted by Crippen LogP contribution is 2.21. The van der Waals surface area contributed by atoms with E-state index in [1.807, 2.05) is 30.3 Å². The number of anilines is 1. The zero-order valence-corrected chi connectivity index (χ0v) is 16.0. The van der Waals surface area contributed by atoms with Crippen LogP contribution in [0.15, 0.2) is 72.8 Å². The van der Waals surface area contributed by atoms with Gasteiger partial charge in [0.25, 0.3) is 5.91 Å². The van der Waals surface area contributed by atoms with Crippen LogP contribution in [-0.2, 0) is 6.54 Å². The van der Waals surface area contributed by atoms with E-state index in [0.717, 1.165) is 25.5 Å². The van der Waals surface area contributed by atoms with E-state index in [-0.39, 0.29) is 24.3 Å². The smallest absolute Gasteiger partial charge is 0.270 e. The van der Waals surface area contributed by atoms with E-state index >= 15 is 0 Å². The highest BCUT2D eigenvalue weighted by atomic mass is 19.1. The second kappa shape index (κ2) is 8.84. The molecule has 2 aromatic carbocycles. The molecule has 0 unspecified atom stereocenters. The number of rotatable bonds is 5. The highest BCUT2D eigenvalue weighted by Gasteiger charge is 2.22. The first-order valence-electron chi connectivity index (χ1n) is 9.72. The maximum absolute atomic E-state index is 13.3. The third-order valence-corrected chi connectivity index (χ3v) is 5.01. The Labute approximate surface area is 169 Å². The van der Waals surface area contributed by atoms with E-state index in [2.05, 4.69) is 32.7 Å². The van der Waals surface area contributed by atoms with Gasteiger partial charge >= 0.3 is 0 Å². The van der Waals surface area contributed by atoms with Gasteiger partial charge in [0, 0.05) is 32.2 Å². The molecular formula is C23H23FN4O. The van der Waals surface area contributed by atoms with Crippen molar-refractivity contribution in [2.24, 2.45) is 0 Å². The highest BCUT2D eigenvalue weighted by molar-refractivity contribution is 5.92. The number of aromatic nitrogens is 1. The average molecular weight is 390 g/mol. The van der Waals surface area contributed by atoms with Crippen molar-refractivity contribution in [3.8, 4) is 0 Å². The largest absolute Gasteiger partial charge is 0.353 e. The van der Waals surface area contributed by atoms with Gasteiger partial charge in [0.1, 0.15) is 17.3 Å². The van der Waals surface area contributed by atoms with Crippen LogP contribution in [-0.4, -0.2) is 30.5 Å². The van der Waals surface area contributed by atoms with E-state index < -0.39 is 0 Å². The molecule has 0 radical (unpaired) electrons. The second-order valence-electron chi connectivity index (χ2n) is 7.06. The summed E-state index contributed by atoms with van der Waals surface area (Å²) in [5.74, 6) is 0.195. The molecule has 2 heterocycles. The van der Waals surface area contributed by atoms with Crippen molar-refractivity contribution < 1.29 is 9.18 Å². The fourth-order valence-electron chi connectivity index (χ4n) is 3.51. The minimum absolute atomic E-state index is 0.220. The van der Waals surface area contributed by atoms with Crippen molar-refractivity contribution in [1.29, 1.82) is 0 Å². The molecule has 0 bridgehead atoms. The van der Waals surface area contributed by atoms with E-state index in [1.165, 1.54) is 17.7 Å². The van der Waals surface area contributed by atoms with Gasteiger partial charge in [0.15, 0.2) is 0 Å². The van der Waals surface area contributed by atoms with Gasteiger partial charge in [-0.05, 0) is 35.4 Å². The summed E-state index contributed by atoms with van der Waals surface area (Å²) in [5.41, 5.74) is 2.30. The van der Waals surface area contributed by atoms with Crippen LogP contribution in [0, 0.1) is 5.82 Å². The number of benzene rings is 2. The van der Waals surface area contributed by atoms with Crippen molar-refractivity contribution in [2.45, 2.75) is 12.6 Å². The van der Waals surface area contributed by atoms with Crippen LogP contribution in [0.25, 0.3) is 0 Å².